The molecule has 0 radical (unpaired) electrons. The van der Waals surface area contributed by atoms with Crippen molar-refractivity contribution in [1.29, 1.82) is 0 Å². The van der Waals surface area contributed by atoms with E-state index in [1.165, 1.54) is 36.4 Å². The average Bonchev–Trinajstić information content (AvgIpc) is 2.43. The van der Waals surface area contributed by atoms with Crippen molar-refractivity contribution in [2.24, 2.45) is 0 Å². The lowest BCUT2D eigenvalue weighted by atomic mass is 10.3. The molecule has 0 aromatic heterocycles. The molecule has 0 saturated heterocycles. The lowest BCUT2D eigenvalue weighted by molar-refractivity contribution is -0.133. The number of halogens is 2. The zero-order valence-electron chi connectivity index (χ0n) is 10.2. The third-order valence-corrected chi connectivity index (χ3v) is 2.45. The fraction of sp³-hybridized carbons (Fsp3) is 0. The van der Waals surface area contributed by atoms with Crippen LogP contribution in [-0.2, 0) is 9.59 Å². The molecule has 2 rings (SSSR count). The highest BCUT2D eigenvalue weighted by Crippen LogP contribution is 2.14. The van der Waals surface area contributed by atoms with Gasteiger partial charge in [-0.15, -0.1) is 0 Å². The molecule has 0 aliphatic heterocycles. The third kappa shape index (κ3) is 3.17. The van der Waals surface area contributed by atoms with E-state index in [1.807, 2.05) is 0 Å². The number of carbonyl (C=O) groups excluding carboxylic acids is 2. The number of amides is 2. The van der Waals surface area contributed by atoms with E-state index in [0.717, 1.165) is 12.1 Å². The van der Waals surface area contributed by atoms with E-state index >= 15 is 0 Å². The number of para-hydroxylation sites is 2. The van der Waals surface area contributed by atoms with Crippen molar-refractivity contribution in [2.45, 2.75) is 0 Å². The average molecular weight is 276 g/mol. The minimum atomic E-state index is -1.08. The van der Waals surface area contributed by atoms with Crippen molar-refractivity contribution in [3.05, 3.63) is 60.2 Å². The van der Waals surface area contributed by atoms with Crippen molar-refractivity contribution < 1.29 is 18.4 Å². The van der Waals surface area contributed by atoms with Gasteiger partial charge in [0.05, 0.1) is 11.4 Å². The molecule has 0 atom stereocenters. The summed E-state index contributed by atoms with van der Waals surface area (Å²) in [5, 5.41) is 4.20. The van der Waals surface area contributed by atoms with E-state index in [1.54, 1.807) is 0 Å². The van der Waals surface area contributed by atoms with Gasteiger partial charge < -0.3 is 10.6 Å². The van der Waals surface area contributed by atoms with Gasteiger partial charge in [0.1, 0.15) is 11.6 Å². The van der Waals surface area contributed by atoms with E-state index in [0.29, 0.717) is 0 Å². The van der Waals surface area contributed by atoms with Gasteiger partial charge in [0.15, 0.2) is 0 Å². The number of anilines is 2. The second kappa shape index (κ2) is 5.92. The van der Waals surface area contributed by atoms with Crippen molar-refractivity contribution in [1.82, 2.24) is 0 Å². The Balaban J connectivity index is 2.05. The Morgan fingerprint density at radius 1 is 0.700 bits per heavy atom. The van der Waals surface area contributed by atoms with Crippen molar-refractivity contribution in [3.63, 3.8) is 0 Å². The first-order chi connectivity index (χ1) is 9.58. The number of carbonyl (C=O) groups is 2. The van der Waals surface area contributed by atoms with E-state index in [9.17, 15) is 18.4 Å². The topological polar surface area (TPSA) is 58.2 Å². The first-order valence-electron chi connectivity index (χ1n) is 5.69. The van der Waals surface area contributed by atoms with Gasteiger partial charge >= 0.3 is 11.8 Å². The highest BCUT2D eigenvalue weighted by molar-refractivity contribution is 6.43. The van der Waals surface area contributed by atoms with Crippen LogP contribution in [0.3, 0.4) is 0 Å². The normalized spacial score (nSPS) is 9.90. The summed E-state index contributed by atoms with van der Waals surface area (Å²) in [4.78, 5) is 23.1. The molecule has 4 nitrogen and oxygen atoms in total. The Kier molecular flexibility index (Phi) is 4.05. The SMILES string of the molecule is O=C(Nc1ccccc1F)C(=O)Nc1ccccc1F. The monoisotopic (exact) mass is 276 g/mol. The molecule has 0 spiro atoms. The fourth-order valence-corrected chi connectivity index (χ4v) is 1.48. The zero-order valence-corrected chi connectivity index (χ0v) is 10.2. The standard InChI is InChI=1S/C14H10F2N2O2/c15-9-5-1-3-7-11(9)17-13(19)14(20)18-12-8-4-2-6-10(12)16/h1-8H,(H,17,19)(H,18,20). The maximum Gasteiger partial charge on any atom is 0.314 e. The minimum Gasteiger partial charge on any atom is -0.315 e. The predicted molar refractivity (Wildman–Crippen MR) is 70.1 cm³/mol. The Hall–Kier alpha value is -2.76. The van der Waals surface area contributed by atoms with Gasteiger partial charge in [-0.3, -0.25) is 9.59 Å². The van der Waals surface area contributed by atoms with E-state index < -0.39 is 23.4 Å². The van der Waals surface area contributed by atoms with Crippen LogP contribution in [0.15, 0.2) is 48.5 Å². The van der Waals surface area contributed by atoms with Gasteiger partial charge in [-0.25, -0.2) is 8.78 Å². The Morgan fingerprint density at radius 3 is 1.40 bits per heavy atom. The molecule has 6 heteroatoms. The molecule has 0 aliphatic carbocycles. The summed E-state index contributed by atoms with van der Waals surface area (Å²) < 4.78 is 26.6. The zero-order chi connectivity index (χ0) is 14.5. The summed E-state index contributed by atoms with van der Waals surface area (Å²) in [6.07, 6.45) is 0. The molecule has 0 saturated carbocycles. The molecule has 2 aromatic rings. The lowest BCUT2D eigenvalue weighted by Crippen LogP contribution is -2.29. The smallest absolute Gasteiger partial charge is 0.314 e. The first kappa shape index (κ1) is 13.7. The molecule has 2 aromatic carbocycles. The highest BCUT2D eigenvalue weighted by Gasteiger charge is 2.16. The first-order valence-corrected chi connectivity index (χ1v) is 5.69. The number of rotatable bonds is 2. The Labute approximate surface area is 113 Å². The summed E-state index contributed by atoms with van der Waals surface area (Å²) >= 11 is 0. The van der Waals surface area contributed by atoms with E-state index in [4.69, 9.17) is 0 Å². The number of benzene rings is 2. The number of hydrogen-bond acceptors (Lipinski definition) is 2. The van der Waals surface area contributed by atoms with Crippen LogP contribution in [0.1, 0.15) is 0 Å². The van der Waals surface area contributed by atoms with Crippen LogP contribution in [0.4, 0.5) is 20.2 Å². The molecular weight excluding hydrogens is 266 g/mol. The molecule has 2 amide bonds. The van der Waals surface area contributed by atoms with Gasteiger partial charge in [0, 0.05) is 0 Å². The van der Waals surface area contributed by atoms with Crippen molar-refractivity contribution in [2.75, 3.05) is 10.6 Å². The second-order valence-electron chi connectivity index (χ2n) is 3.87. The van der Waals surface area contributed by atoms with Crippen LogP contribution in [0, 0.1) is 11.6 Å². The predicted octanol–water partition coefficient (Wildman–Crippen LogP) is 2.54. The molecule has 0 heterocycles. The highest BCUT2D eigenvalue weighted by atomic mass is 19.1. The Morgan fingerprint density at radius 2 is 1.05 bits per heavy atom. The van der Waals surface area contributed by atoms with Crippen LogP contribution in [0.25, 0.3) is 0 Å². The molecular formula is C14H10F2N2O2. The van der Waals surface area contributed by atoms with Crippen molar-refractivity contribution in [3.8, 4) is 0 Å². The van der Waals surface area contributed by atoms with E-state index in [-0.39, 0.29) is 11.4 Å². The second-order valence-corrected chi connectivity index (χ2v) is 3.87. The van der Waals surface area contributed by atoms with Crippen molar-refractivity contribution >= 4 is 23.2 Å². The molecule has 0 bridgehead atoms. The molecule has 0 unspecified atom stereocenters. The minimum absolute atomic E-state index is 0.124. The van der Waals surface area contributed by atoms with Crippen LogP contribution in [-0.4, -0.2) is 11.8 Å². The van der Waals surface area contributed by atoms with Gasteiger partial charge in [-0.1, -0.05) is 24.3 Å². The molecule has 0 aliphatic rings. The third-order valence-electron chi connectivity index (χ3n) is 2.45. The molecule has 102 valence electrons. The summed E-state index contributed by atoms with van der Waals surface area (Å²) in [5.74, 6) is -3.50. The number of nitrogens with one attached hydrogen (secondary N) is 2. The Bertz CT molecular complexity index is 602. The molecule has 2 N–H and O–H groups in total. The summed E-state index contributed by atoms with van der Waals surface area (Å²) in [5.41, 5.74) is -0.248. The maximum absolute atomic E-state index is 13.3. The fourth-order valence-electron chi connectivity index (χ4n) is 1.48. The lowest BCUT2D eigenvalue weighted by Gasteiger charge is -2.07. The largest absolute Gasteiger partial charge is 0.315 e. The van der Waals surface area contributed by atoms with Crippen LogP contribution in [0.5, 0.6) is 0 Å². The summed E-state index contributed by atoms with van der Waals surface area (Å²) in [6, 6.07) is 10.8. The van der Waals surface area contributed by atoms with Crippen LogP contribution in [0.2, 0.25) is 0 Å². The van der Waals surface area contributed by atoms with Gasteiger partial charge in [-0.2, -0.15) is 0 Å². The van der Waals surface area contributed by atoms with Crippen LogP contribution < -0.4 is 10.6 Å². The van der Waals surface area contributed by atoms with Crippen LogP contribution >= 0.6 is 0 Å². The van der Waals surface area contributed by atoms with Gasteiger partial charge in [-0.05, 0) is 24.3 Å². The summed E-state index contributed by atoms with van der Waals surface area (Å²) in [7, 11) is 0. The molecule has 20 heavy (non-hydrogen) atoms. The maximum atomic E-state index is 13.3. The van der Waals surface area contributed by atoms with Gasteiger partial charge in [0.25, 0.3) is 0 Å². The quantitative estimate of drug-likeness (QED) is 0.828. The molecule has 0 fully saturated rings. The number of hydrogen-bond donors (Lipinski definition) is 2. The van der Waals surface area contributed by atoms with E-state index in [2.05, 4.69) is 10.6 Å². The summed E-state index contributed by atoms with van der Waals surface area (Å²) in [6.45, 7) is 0. The van der Waals surface area contributed by atoms with Gasteiger partial charge in [0.2, 0.25) is 0 Å².